The van der Waals surface area contributed by atoms with E-state index in [0.29, 0.717) is 24.9 Å². The fourth-order valence-electron chi connectivity index (χ4n) is 2.61. The molecule has 0 saturated heterocycles. The van der Waals surface area contributed by atoms with Crippen LogP contribution in [-0.4, -0.2) is 18.0 Å². The lowest BCUT2D eigenvalue weighted by Gasteiger charge is -2.22. The van der Waals surface area contributed by atoms with Gasteiger partial charge in [-0.15, -0.1) is 0 Å². The molecule has 0 atom stereocenters. The lowest BCUT2D eigenvalue weighted by atomic mass is 9.98. The van der Waals surface area contributed by atoms with Gasteiger partial charge in [-0.2, -0.15) is 0 Å². The van der Waals surface area contributed by atoms with Crippen molar-refractivity contribution in [2.45, 2.75) is 44.1 Å². The molecule has 3 nitrogen and oxygen atoms in total. The minimum atomic E-state index is -0.678. The van der Waals surface area contributed by atoms with E-state index in [0.717, 1.165) is 30.2 Å². The van der Waals surface area contributed by atoms with E-state index < -0.39 is 5.54 Å². The number of rotatable bonds is 5. The second kappa shape index (κ2) is 6.68. The molecule has 0 aliphatic heterocycles. The van der Waals surface area contributed by atoms with Crippen LogP contribution in [0, 0.1) is 5.82 Å². The number of carbonyl (C=O) groups is 1. The van der Waals surface area contributed by atoms with Crippen LogP contribution in [0.4, 0.5) is 4.39 Å². The van der Waals surface area contributed by atoms with Gasteiger partial charge in [-0.1, -0.05) is 34.8 Å². The molecule has 1 aliphatic carbocycles. The van der Waals surface area contributed by atoms with E-state index in [1.165, 1.54) is 6.07 Å². The third-order valence-corrected chi connectivity index (χ3v) is 4.36. The van der Waals surface area contributed by atoms with Gasteiger partial charge in [0.2, 0.25) is 5.91 Å². The molecule has 0 bridgehead atoms. The van der Waals surface area contributed by atoms with Crippen molar-refractivity contribution in [3.05, 3.63) is 34.1 Å². The van der Waals surface area contributed by atoms with Gasteiger partial charge in [0.15, 0.2) is 0 Å². The van der Waals surface area contributed by atoms with Crippen LogP contribution in [-0.2, 0) is 11.2 Å². The molecule has 1 saturated carbocycles. The van der Waals surface area contributed by atoms with Gasteiger partial charge in [0.25, 0.3) is 0 Å². The van der Waals surface area contributed by atoms with Gasteiger partial charge < -0.3 is 11.1 Å². The van der Waals surface area contributed by atoms with E-state index >= 15 is 0 Å². The van der Waals surface area contributed by atoms with Crippen molar-refractivity contribution < 1.29 is 9.18 Å². The largest absolute Gasteiger partial charge is 0.354 e. The van der Waals surface area contributed by atoms with E-state index in [1.807, 2.05) is 6.07 Å². The first kappa shape index (κ1) is 15.4. The number of benzene rings is 1. The van der Waals surface area contributed by atoms with Crippen molar-refractivity contribution in [2.24, 2.45) is 5.73 Å². The van der Waals surface area contributed by atoms with Gasteiger partial charge in [-0.3, -0.25) is 4.79 Å². The van der Waals surface area contributed by atoms with Crippen molar-refractivity contribution in [1.82, 2.24) is 5.32 Å². The Morgan fingerprint density at radius 1 is 1.40 bits per heavy atom. The van der Waals surface area contributed by atoms with Gasteiger partial charge in [0.05, 0.1) is 5.54 Å². The van der Waals surface area contributed by atoms with Crippen LogP contribution >= 0.6 is 15.9 Å². The SMILES string of the molecule is NC1(C(=O)NCCCc2ccc(Br)cc2F)CCCC1. The second-order valence-corrected chi connectivity index (χ2v) is 6.37. The summed E-state index contributed by atoms with van der Waals surface area (Å²) in [5, 5.41) is 2.87. The monoisotopic (exact) mass is 342 g/mol. The average molecular weight is 343 g/mol. The average Bonchev–Trinajstić information content (AvgIpc) is 2.85. The predicted octanol–water partition coefficient (Wildman–Crippen LogP) is 2.91. The van der Waals surface area contributed by atoms with Crippen LogP contribution in [0.5, 0.6) is 0 Å². The number of amides is 1. The third kappa shape index (κ3) is 3.79. The maximum atomic E-state index is 13.6. The van der Waals surface area contributed by atoms with Gasteiger partial charge in [-0.25, -0.2) is 4.39 Å². The highest BCUT2D eigenvalue weighted by atomic mass is 79.9. The number of nitrogens with two attached hydrogens (primary N) is 1. The van der Waals surface area contributed by atoms with Gasteiger partial charge >= 0.3 is 0 Å². The lowest BCUT2D eigenvalue weighted by Crippen LogP contribution is -2.52. The van der Waals surface area contributed by atoms with Crippen molar-refractivity contribution >= 4 is 21.8 Å². The number of halogens is 2. The molecule has 0 heterocycles. The number of nitrogens with one attached hydrogen (secondary N) is 1. The summed E-state index contributed by atoms with van der Waals surface area (Å²) in [5.74, 6) is -0.275. The van der Waals surface area contributed by atoms with E-state index in [1.54, 1.807) is 6.07 Å². The van der Waals surface area contributed by atoms with E-state index in [9.17, 15) is 9.18 Å². The highest BCUT2D eigenvalue weighted by Gasteiger charge is 2.36. The Hall–Kier alpha value is -0.940. The van der Waals surface area contributed by atoms with Crippen molar-refractivity contribution in [3.63, 3.8) is 0 Å². The molecule has 0 radical (unpaired) electrons. The summed E-state index contributed by atoms with van der Waals surface area (Å²) in [5.41, 5.74) is 6.05. The van der Waals surface area contributed by atoms with Crippen molar-refractivity contribution in [1.29, 1.82) is 0 Å². The summed E-state index contributed by atoms with van der Waals surface area (Å²) in [6.07, 6.45) is 4.89. The Morgan fingerprint density at radius 2 is 2.10 bits per heavy atom. The van der Waals surface area contributed by atoms with Crippen LogP contribution in [0.15, 0.2) is 22.7 Å². The first-order valence-electron chi connectivity index (χ1n) is 7.02. The fourth-order valence-corrected chi connectivity index (χ4v) is 2.95. The highest BCUT2D eigenvalue weighted by molar-refractivity contribution is 9.10. The summed E-state index contributed by atoms with van der Waals surface area (Å²) in [7, 11) is 0. The summed E-state index contributed by atoms with van der Waals surface area (Å²) in [6.45, 7) is 0.535. The molecule has 1 aliphatic rings. The summed E-state index contributed by atoms with van der Waals surface area (Å²) in [6, 6.07) is 5.05. The number of hydrogen-bond acceptors (Lipinski definition) is 2. The summed E-state index contributed by atoms with van der Waals surface area (Å²) in [4.78, 5) is 12.0. The van der Waals surface area contributed by atoms with Crippen molar-refractivity contribution in [3.8, 4) is 0 Å². The Morgan fingerprint density at radius 3 is 2.75 bits per heavy atom. The summed E-state index contributed by atoms with van der Waals surface area (Å²) < 4.78 is 14.3. The minimum absolute atomic E-state index is 0.0636. The Balaban J connectivity index is 1.75. The molecule has 110 valence electrons. The van der Waals surface area contributed by atoms with Gasteiger partial charge in [0.1, 0.15) is 5.82 Å². The number of aryl methyl sites for hydroxylation is 1. The maximum absolute atomic E-state index is 13.6. The zero-order valence-corrected chi connectivity index (χ0v) is 13.0. The van der Waals surface area contributed by atoms with Gasteiger partial charge in [0, 0.05) is 11.0 Å². The second-order valence-electron chi connectivity index (χ2n) is 5.46. The molecular formula is C15H20BrFN2O. The highest BCUT2D eigenvalue weighted by Crippen LogP contribution is 2.27. The zero-order valence-electron chi connectivity index (χ0n) is 11.4. The maximum Gasteiger partial charge on any atom is 0.240 e. The summed E-state index contributed by atoms with van der Waals surface area (Å²) >= 11 is 3.23. The topological polar surface area (TPSA) is 55.1 Å². The van der Waals surface area contributed by atoms with Crippen LogP contribution in [0.3, 0.4) is 0 Å². The molecule has 0 aromatic heterocycles. The van der Waals surface area contributed by atoms with Crippen LogP contribution in [0.2, 0.25) is 0 Å². The molecular weight excluding hydrogens is 323 g/mol. The van der Waals surface area contributed by atoms with Crippen LogP contribution in [0.1, 0.15) is 37.7 Å². The molecule has 1 amide bonds. The number of hydrogen-bond donors (Lipinski definition) is 2. The molecule has 20 heavy (non-hydrogen) atoms. The molecule has 3 N–H and O–H groups in total. The fraction of sp³-hybridized carbons (Fsp3) is 0.533. The standard InChI is InChI=1S/C15H20BrFN2O/c16-12-6-5-11(13(17)10-12)4-3-9-19-14(20)15(18)7-1-2-8-15/h5-6,10H,1-4,7-9,18H2,(H,19,20). The van der Waals surface area contributed by atoms with E-state index in [2.05, 4.69) is 21.2 Å². The molecule has 1 aromatic rings. The lowest BCUT2D eigenvalue weighted by molar-refractivity contribution is -0.126. The predicted molar refractivity (Wildman–Crippen MR) is 80.8 cm³/mol. The van der Waals surface area contributed by atoms with E-state index in [-0.39, 0.29) is 11.7 Å². The van der Waals surface area contributed by atoms with Gasteiger partial charge in [-0.05, 0) is 43.4 Å². The van der Waals surface area contributed by atoms with E-state index in [4.69, 9.17) is 5.73 Å². The Bertz CT molecular complexity index is 487. The molecule has 1 aromatic carbocycles. The smallest absolute Gasteiger partial charge is 0.240 e. The first-order valence-corrected chi connectivity index (χ1v) is 7.82. The minimum Gasteiger partial charge on any atom is -0.354 e. The number of carbonyl (C=O) groups excluding carboxylic acids is 1. The van der Waals surface area contributed by atoms with Crippen molar-refractivity contribution in [2.75, 3.05) is 6.54 Å². The molecule has 5 heteroatoms. The molecule has 0 spiro atoms. The Labute approximate surface area is 127 Å². The first-order chi connectivity index (χ1) is 9.51. The molecule has 0 unspecified atom stereocenters. The van der Waals surface area contributed by atoms with Crippen LogP contribution < -0.4 is 11.1 Å². The quantitative estimate of drug-likeness (QED) is 0.808. The Kier molecular flexibility index (Phi) is 5.16. The third-order valence-electron chi connectivity index (χ3n) is 3.87. The zero-order chi connectivity index (χ0) is 14.6. The normalized spacial score (nSPS) is 17.1. The van der Waals surface area contributed by atoms with Crippen LogP contribution in [0.25, 0.3) is 0 Å². The molecule has 1 fully saturated rings. The molecule has 2 rings (SSSR count).